The Balaban J connectivity index is 1.62. The summed E-state index contributed by atoms with van der Waals surface area (Å²) in [6.45, 7) is 0. The predicted molar refractivity (Wildman–Crippen MR) is 104 cm³/mol. The van der Waals surface area contributed by atoms with Gasteiger partial charge in [-0.25, -0.2) is 22.7 Å². The summed E-state index contributed by atoms with van der Waals surface area (Å²) in [6.07, 6.45) is 1.49. The molecule has 0 atom stereocenters. The topological polar surface area (TPSA) is 92.3 Å². The summed E-state index contributed by atoms with van der Waals surface area (Å²) in [5.74, 6) is -0.0000968. The SMILES string of the molecule is CN(C)S(=O)(=O)c1ccc(NC(=O)CSc2ncnc3sccc23)cc1. The van der Waals surface area contributed by atoms with Crippen LogP contribution in [-0.4, -0.2) is 48.4 Å². The summed E-state index contributed by atoms with van der Waals surface area (Å²) < 4.78 is 25.2. The quantitative estimate of drug-likeness (QED) is 0.498. The molecular formula is C16H16N4O3S3. The van der Waals surface area contributed by atoms with Crippen molar-refractivity contribution in [2.24, 2.45) is 0 Å². The fraction of sp³-hybridized carbons (Fsp3) is 0.188. The van der Waals surface area contributed by atoms with Gasteiger partial charge in [-0.2, -0.15) is 0 Å². The molecule has 0 saturated carbocycles. The second kappa shape index (κ2) is 7.70. The highest BCUT2D eigenvalue weighted by molar-refractivity contribution is 8.00. The summed E-state index contributed by atoms with van der Waals surface area (Å²) in [7, 11) is -0.536. The molecule has 0 unspecified atom stereocenters. The third-order valence-electron chi connectivity index (χ3n) is 3.48. The largest absolute Gasteiger partial charge is 0.325 e. The molecule has 3 rings (SSSR count). The van der Waals surface area contributed by atoms with E-state index in [1.165, 1.54) is 55.7 Å². The number of carbonyl (C=O) groups excluding carboxylic acids is 1. The van der Waals surface area contributed by atoms with Crippen molar-refractivity contribution in [2.45, 2.75) is 9.92 Å². The monoisotopic (exact) mass is 408 g/mol. The fourth-order valence-electron chi connectivity index (χ4n) is 2.13. The second-order valence-corrected chi connectivity index (χ2v) is 9.48. The number of sulfonamides is 1. The molecule has 1 aromatic carbocycles. The van der Waals surface area contributed by atoms with E-state index in [9.17, 15) is 13.2 Å². The number of nitrogens with zero attached hydrogens (tertiary/aromatic N) is 3. The third-order valence-corrected chi connectivity index (χ3v) is 7.14. The molecule has 0 aliphatic carbocycles. The second-order valence-electron chi connectivity index (χ2n) is 5.47. The van der Waals surface area contributed by atoms with Crippen LogP contribution in [-0.2, 0) is 14.8 Å². The van der Waals surface area contributed by atoms with Gasteiger partial charge in [-0.3, -0.25) is 4.79 Å². The average Bonchev–Trinajstić information content (AvgIpc) is 3.09. The van der Waals surface area contributed by atoms with Crippen LogP contribution in [0.15, 0.2) is 52.0 Å². The lowest BCUT2D eigenvalue weighted by Crippen LogP contribution is -2.22. The maximum Gasteiger partial charge on any atom is 0.242 e. The Morgan fingerprint density at radius 3 is 2.62 bits per heavy atom. The lowest BCUT2D eigenvalue weighted by molar-refractivity contribution is -0.113. The molecule has 7 nitrogen and oxygen atoms in total. The maximum absolute atomic E-state index is 12.2. The number of hydrogen-bond acceptors (Lipinski definition) is 7. The van der Waals surface area contributed by atoms with Crippen LogP contribution >= 0.6 is 23.1 Å². The first-order chi connectivity index (χ1) is 12.4. The van der Waals surface area contributed by atoms with Crippen molar-refractivity contribution in [1.82, 2.24) is 14.3 Å². The minimum absolute atomic E-state index is 0.177. The maximum atomic E-state index is 12.2. The number of carbonyl (C=O) groups is 1. The highest BCUT2D eigenvalue weighted by Gasteiger charge is 2.17. The molecule has 0 bridgehead atoms. The number of aromatic nitrogens is 2. The van der Waals surface area contributed by atoms with Gasteiger partial charge in [0.25, 0.3) is 0 Å². The van der Waals surface area contributed by atoms with Crippen molar-refractivity contribution in [3.8, 4) is 0 Å². The number of anilines is 1. The van der Waals surface area contributed by atoms with Gasteiger partial charge in [0, 0.05) is 25.2 Å². The van der Waals surface area contributed by atoms with Gasteiger partial charge in [-0.05, 0) is 35.7 Å². The Hall–Kier alpha value is -2.01. The Bertz CT molecular complexity index is 1030. The van der Waals surface area contributed by atoms with Crippen molar-refractivity contribution in [1.29, 1.82) is 0 Å². The number of nitrogens with one attached hydrogen (secondary N) is 1. The fourth-order valence-corrected chi connectivity index (χ4v) is 4.62. The number of rotatable bonds is 6. The lowest BCUT2D eigenvalue weighted by Gasteiger charge is -2.12. The molecule has 0 saturated heterocycles. The van der Waals surface area contributed by atoms with E-state index in [4.69, 9.17) is 0 Å². The molecule has 0 aliphatic heterocycles. The summed E-state index contributed by atoms with van der Waals surface area (Å²) in [5, 5.41) is 6.39. The number of hydrogen-bond donors (Lipinski definition) is 1. The zero-order valence-corrected chi connectivity index (χ0v) is 16.5. The zero-order valence-electron chi connectivity index (χ0n) is 14.0. The van der Waals surface area contributed by atoms with Crippen LogP contribution in [0.3, 0.4) is 0 Å². The van der Waals surface area contributed by atoms with E-state index in [0.29, 0.717) is 5.69 Å². The Morgan fingerprint density at radius 2 is 1.92 bits per heavy atom. The van der Waals surface area contributed by atoms with Gasteiger partial charge in [0.15, 0.2) is 0 Å². The van der Waals surface area contributed by atoms with E-state index >= 15 is 0 Å². The molecule has 2 aromatic heterocycles. The van der Waals surface area contributed by atoms with E-state index in [2.05, 4.69) is 15.3 Å². The standard InChI is InChI=1S/C16H16N4O3S3/c1-20(2)26(22,23)12-5-3-11(4-6-12)19-14(21)9-25-16-13-7-8-24-15(13)17-10-18-16/h3-8,10H,9H2,1-2H3,(H,19,21). The van der Waals surface area contributed by atoms with Crippen molar-refractivity contribution in [3.05, 3.63) is 42.0 Å². The lowest BCUT2D eigenvalue weighted by atomic mass is 10.3. The minimum atomic E-state index is -3.48. The van der Waals surface area contributed by atoms with E-state index < -0.39 is 10.0 Å². The highest BCUT2D eigenvalue weighted by atomic mass is 32.2. The molecule has 1 N–H and O–H groups in total. The minimum Gasteiger partial charge on any atom is -0.325 e. The highest BCUT2D eigenvalue weighted by Crippen LogP contribution is 2.27. The van der Waals surface area contributed by atoms with E-state index in [0.717, 1.165) is 19.5 Å². The number of thiophene rings is 1. The summed E-state index contributed by atoms with van der Waals surface area (Å²) in [5.41, 5.74) is 0.539. The van der Waals surface area contributed by atoms with Crippen molar-refractivity contribution >= 4 is 54.9 Å². The molecule has 136 valence electrons. The van der Waals surface area contributed by atoms with Crippen molar-refractivity contribution in [3.63, 3.8) is 0 Å². The van der Waals surface area contributed by atoms with E-state index in [1.807, 2.05) is 11.4 Å². The predicted octanol–water partition coefficient (Wildman–Crippen LogP) is 2.67. The third kappa shape index (κ3) is 4.04. The number of thioether (sulfide) groups is 1. The van der Waals surface area contributed by atoms with Crippen LogP contribution in [0.1, 0.15) is 0 Å². The number of amides is 1. The molecule has 3 aromatic rings. The average molecular weight is 409 g/mol. The molecule has 26 heavy (non-hydrogen) atoms. The van der Waals surface area contributed by atoms with Crippen molar-refractivity contribution in [2.75, 3.05) is 25.2 Å². The normalized spacial score (nSPS) is 11.8. The van der Waals surface area contributed by atoms with Gasteiger partial charge in [-0.15, -0.1) is 11.3 Å². The summed E-state index contributed by atoms with van der Waals surface area (Å²) in [6, 6.07) is 8.01. The van der Waals surface area contributed by atoms with E-state index in [-0.39, 0.29) is 16.6 Å². The number of fused-ring (bicyclic) bond motifs is 1. The molecule has 10 heteroatoms. The summed E-state index contributed by atoms with van der Waals surface area (Å²) >= 11 is 2.86. The van der Waals surface area contributed by atoms with Gasteiger partial charge in [-0.1, -0.05) is 11.8 Å². The van der Waals surface area contributed by atoms with Crippen LogP contribution < -0.4 is 5.32 Å². The smallest absolute Gasteiger partial charge is 0.242 e. The molecule has 0 spiro atoms. The Kier molecular flexibility index (Phi) is 5.56. The number of benzene rings is 1. The molecule has 2 heterocycles. The van der Waals surface area contributed by atoms with Gasteiger partial charge in [0.2, 0.25) is 15.9 Å². The van der Waals surface area contributed by atoms with Crippen LogP contribution in [0.2, 0.25) is 0 Å². The van der Waals surface area contributed by atoms with Crippen LogP contribution in [0.25, 0.3) is 10.2 Å². The van der Waals surface area contributed by atoms with Crippen LogP contribution in [0.5, 0.6) is 0 Å². The first-order valence-electron chi connectivity index (χ1n) is 7.51. The Labute approximate surface area is 159 Å². The van der Waals surface area contributed by atoms with Crippen LogP contribution in [0.4, 0.5) is 5.69 Å². The summed E-state index contributed by atoms with van der Waals surface area (Å²) in [4.78, 5) is 21.6. The molecule has 1 amide bonds. The van der Waals surface area contributed by atoms with Crippen LogP contribution in [0, 0.1) is 0 Å². The van der Waals surface area contributed by atoms with Gasteiger partial charge < -0.3 is 5.32 Å². The van der Waals surface area contributed by atoms with Crippen molar-refractivity contribution < 1.29 is 13.2 Å². The molecule has 0 fully saturated rings. The zero-order chi connectivity index (χ0) is 18.7. The van der Waals surface area contributed by atoms with E-state index in [1.54, 1.807) is 12.1 Å². The first kappa shape index (κ1) is 18.8. The van der Waals surface area contributed by atoms with Gasteiger partial charge in [0.05, 0.1) is 10.6 Å². The van der Waals surface area contributed by atoms with Gasteiger partial charge in [0.1, 0.15) is 16.2 Å². The molecule has 0 aliphatic rings. The first-order valence-corrected chi connectivity index (χ1v) is 10.8. The molecular weight excluding hydrogens is 392 g/mol. The van der Waals surface area contributed by atoms with Gasteiger partial charge >= 0.3 is 0 Å². The molecule has 0 radical (unpaired) electrons. The Morgan fingerprint density at radius 1 is 1.19 bits per heavy atom.